The number of rotatable bonds is 4. The summed E-state index contributed by atoms with van der Waals surface area (Å²) in [5.41, 5.74) is 1.03. The predicted molar refractivity (Wildman–Crippen MR) is 76.4 cm³/mol. The summed E-state index contributed by atoms with van der Waals surface area (Å²) in [6.07, 6.45) is 4.85. The fraction of sp³-hybridized carbons (Fsp3) is 0.769. The van der Waals surface area contributed by atoms with Crippen LogP contribution >= 0.6 is 0 Å². The molecule has 3 rings (SSSR count). The molecule has 0 spiro atoms. The van der Waals surface area contributed by atoms with Gasteiger partial charge >= 0.3 is 0 Å². The van der Waals surface area contributed by atoms with E-state index in [9.17, 15) is 8.42 Å². The minimum absolute atomic E-state index is 0.264. The van der Waals surface area contributed by atoms with Gasteiger partial charge in [-0.2, -0.15) is 22.1 Å². The summed E-state index contributed by atoms with van der Waals surface area (Å²) < 4.78 is 28.3. The normalized spacial score (nSPS) is 23.9. The molecule has 0 unspecified atom stereocenters. The molecule has 1 N–H and O–H groups in total. The van der Waals surface area contributed by atoms with Gasteiger partial charge in [-0.3, -0.25) is 5.10 Å². The fourth-order valence-corrected chi connectivity index (χ4v) is 4.76. The van der Waals surface area contributed by atoms with Crippen LogP contribution in [0, 0.1) is 5.92 Å². The first-order valence-electron chi connectivity index (χ1n) is 7.35. The molecule has 0 aliphatic carbocycles. The van der Waals surface area contributed by atoms with Gasteiger partial charge in [-0.05, 0) is 24.8 Å². The van der Waals surface area contributed by atoms with Gasteiger partial charge in [-0.15, -0.1) is 0 Å². The Balaban J connectivity index is 1.58. The molecule has 1 aromatic rings. The summed E-state index contributed by atoms with van der Waals surface area (Å²) in [4.78, 5) is 0. The lowest BCUT2D eigenvalue weighted by atomic mass is 9.96. The molecule has 0 aromatic carbocycles. The summed E-state index contributed by atoms with van der Waals surface area (Å²) in [7, 11) is -3.25. The van der Waals surface area contributed by atoms with Gasteiger partial charge in [0.25, 0.3) is 10.2 Å². The number of hydrogen-bond acceptors (Lipinski definition) is 3. The number of H-pyrrole nitrogens is 1. The van der Waals surface area contributed by atoms with E-state index in [0.717, 1.165) is 25.0 Å². The predicted octanol–water partition coefficient (Wildman–Crippen LogP) is 1.18. The van der Waals surface area contributed by atoms with Gasteiger partial charge < -0.3 is 0 Å². The van der Waals surface area contributed by atoms with Crippen molar-refractivity contribution in [2.75, 3.05) is 26.2 Å². The van der Waals surface area contributed by atoms with E-state index in [4.69, 9.17) is 0 Å². The SMILES string of the molecule is CCC1CCN(S(=O)(=O)N2CC(c3ccn[nH]3)C2)CC1. The highest BCUT2D eigenvalue weighted by Gasteiger charge is 2.41. The van der Waals surface area contributed by atoms with Crippen LogP contribution in [-0.4, -0.2) is 53.4 Å². The molecule has 3 heterocycles. The van der Waals surface area contributed by atoms with Crippen molar-refractivity contribution < 1.29 is 8.42 Å². The van der Waals surface area contributed by atoms with Gasteiger partial charge in [0.15, 0.2) is 0 Å². The van der Waals surface area contributed by atoms with E-state index in [0.29, 0.717) is 32.1 Å². The van der Waals surface area contributed by atoms with Crippen LogP contribution in [-0.2, 0) is 10.2 Å². The lowest BCUT2D eigenvalue weighted by molar-refractivity contribution is 0.210. The molecule has 2 fully saturated rings. The molecule has 0 radical (unpaired) electrons. The first kappa shape index (κ1) is 14.0. The summed E-state index contributed by atoms with van der Waals surface area (Å²) in [6, 6.07) is 1.92. The minimum Gasteiger partial charge on any atom is -0.282 e. The minimum atomic E-state index is -3.25. The standard InChI is InChI=1S/C13H22N4O2S/c1-2-11-4-7-16(8-5-11)20(18,19)17-9-12(10-17)13-3-6-14-15-13/h3,6,11-12H,2,4-5,7-10H2,1H3,(H,14,15). The van der Waals surface area contributed by atoms with Crippen molar-refractivity contribution in [1.82, 2.24) is 18.8 Å². The Kier molecular flexibility index (Phi) is 3.83. The number of nitrogens with zero attached hydrogens (tertiary/aromatic N) is 3. The molecule has 0 bridgehead atoms. The maximum absolute atomic E-state index is 12.5. The van der Waals surface area contributed by atoms with Gasteiger partial charge in [0.1, 0.15) is 0 Å². The highest BCUT2D eigenvalue weighted by atomic mass is 32.2. The number of nitrogens with one attached hydrogen (secondary N) is 1. The third-order valence-corrected chi connectivity index (χ3v) is 6.58. The topological polar surface area (TPSA) is 69.3 Å². The smallest absolute Gasteiger partial charge is 0.282 e. The van der Waals surface area contributed by atoms with Crippen LogP contribution in [0.2, 0.25) is 0 Å². The molecule has 1 aromatic heterocycles. The second kappa shape index (κ2) is 5.46. The molecule has 0 atom stereocenters. The third kappa shape index (κ3) is 2.49. The summed E-state index contributed by atoms with van der Waals surface area (Å²) >= 11 is 0. The molecule has 0 amide bonds. The number of piperidine rings is 1. The van der Waals surface area contributed by atoms with Crippen LogP contribution < -0.4 is 0 Å². The maximum atomic E-state index is 12.5. The molecule has 2 aliphatic rings. The van der Waals surface area contributed by atoms with Crippen LogP contribution in [0.15, 0.2) is 12.3 Å². The number of hydrogen-bond donors (Lipinski definition) is 1. The first-order valence-corrected chi connectivity index (χ1v) is 8.75. The number of aromatic amines is 1. The van der Waals surface area contributed by atoms with E-state index in [2.05, 4.69) is 17.1 Å². The highest BCUT2D eigenvalue weighted by Crippen LogP contribution is 2.31. The zero-order valence-corrected chi connectivity index (χ0v) is 12.6. The van der Waals surface area contributed by atoms with Crippen molar-refractivity contribution in [2.45, 2.75) is 32.1 Å². The van der Waals surface area contributed by atoms with Crippen LogP contribution in [0.1, 0.15) is 37.8 Å². The second-order valence-corrected chi connectivity index (χ2v) is 7.71. The average Bonchev–Trinajstić information content (AvgIpc) is 2.90. The second-order valence-electron chi connectivity index (χ2n) is 5.78. The van der Waals surface area contributed by atoms with Crippen molar-refractivity contribution in [3.8, 4) is 0 Å². The average molecular weight is 298 g/mol. The molecular formula is C13H22N4O2S. The fourth-order valence-electron chi connectivity index (χ4n) is 3.03. The molecule has 7 heteroatoms. The first-order chi connectivity index (χ1) is 9.61. The van der Waals surface area contributed by atoms with Crippen molar-refractivity contribution >= 4 is 10.2 Å². The van der Waals surface area contributed by atoms with E-state index in [-0.39, 0.29) is 5.92 Å². The quantitative estimate of drug-likeness (QED) is 0.907. The van der Waals surface area contributed by atoms with E-state index in [1.807, 2.05) is 6.07 Å². The van der Waals surface area contributed by atoms with Crippen LogP contribution in [0.5, 0.6) is 0 Å². The largest absolute Gasteiger partial charge is 0.282 e. The Morgan fingerprint density at radius 2 is 2.00 bits per heavy atom. The molecule has 2 saturated heterocycles. The lowest BCUT2D eigenvalue weighted by Gasteiger charge is -2.42. The maximum Gasteiger partial charge on any atom is 0.282 e. The van der Waals surface area contributed by atoms with Crippen molar-refractivity contribution in [3.05, 3.63) is 18.0 Å². The number of aromatic nitrogens is 2. The Morgan fingerprint density at radius 1 is 1.30 bits per heavy atom. The Morgan fingerprint density at radius 3 is 2.55 bits per heavy atom. The van der Waals surface area contributed by atoms with Gasteiger partial charge in [-0.1, -0.05) is 13.3 Å². The summed E-state index contributed by atoms with van der Waals surface area (Å²) in [5, 5.41) is 6.84. The van der Waals surface area contributed by atoms with Gasteiger partial charge in [-0.25, -0.2) is 0 Å². The van der Waals surface area contributed by atoms with E-state index < -0.39 is 10.2 Å². The third-order valence-electron chi connectivity index (χ3n) is 4.61. The lowest BCUT2D eigenvalue weighted by Crippen LogP contribution is -2.55. The Bertz CT molecular complexity index is 529. The molecule has 2 aliphatic heterocycles. The summed E-state index contributed by atoms with van der Waals surface area (Å²) in [6.45, 7) is 4.66. The van der Waals surface area contributed by atoms with Crippen LogP contribution in [0.3, 0.4) is 0 Å². The molecule has 0 saturated carbocycles. The van der Waals surface area contributed by atoms with Crippen molar-refractivity contribution in [3.63, 3.8) is 0 Å². The highest BCUT2D eigenvalue weighted by molar-refractivity contribution is 7.86. The Labute approximate surface area is 120 Å². The zero-order chi connectivity index (χ0) is 14.2. The van der Waals surface area contributed by atoms with Gasteiger partial charge in [0.05, 0.1) is 0 Å². The van der Waals surface area contributed by atoms with E-state index >= 15 is 0 Å². The molecular weight excluding hydrogens is 276 g/mol. The zero-order valence-electron chi connectivity index (χ0n) is 11.8. The van der Waals surface area contributed by atoms with Gasteiger partial charge in [0.2, 0.25) is 0 Å². The van der Waals surface area contributed by atoms with E-state index in [1.165, 1.54) is 0 Å². The molecule has 6 nitrogen and oxygen atoms in total. The van der Waals surface area contributed by atoms with Crippen molar-refractivity contribution in [2.24, 2.45) is 5.92 Å². The Hall–Kier alpha value is -0.920. The van der Waals surface area contributed by atoms with Gasteiger partial charge in [0, 0.05) is 44.0 Å². The monoisotopic (exact) mass is 298 g/mol. The van der Waals surface area contributed by atoms with Crippen LogP contribution in [0.25, 0.3) is 0 Å². The van der Waals surface area contributed by atoms with Crippen LogP contribution in [0.4, 0.5) is 0 Å². The molecule has 20 heavy (non-hydrogen) atoms. The van der Waals surface area contributed by atoms with Crippen molar-refractivity contribution in [1.29, 1.82) is 0 Å². The summed E-state index contributed by atoms with van der Waals surface area (Å²) in [5.74, 6) is 0.955. The molecule has 112 valence electrons. The van der Waals surface area contributed by atoms with E-state index in [1.54, 1.807) is 14.8 Å².